The highest BCUT2D eigenvalue weighted by molar-refractivity contribution is 7.58. The molecular weight excluding hydrogens is 297 g/mol. The lowest BCUT2D eigenvalue weighted by molar-refractivity contribution is -0.148. The summed E-state index contributed by atoms with van der Waals surface area (Å²) in [4.78, 5) is 24.4. The summed E-state index contributed by atoms with van der Waals surface area (Å²) >= 11 is 0. The van der Waals surface area contributed by atoms with Gasteiger partial charge in [0.25, 0.3) is 5.28 Å². The third-order valence-corrected chi connectivity index (χ3v) is 5.30. The molecular formula is C13H18NO6P. The molecule has 0 heterocycles. The van der Waals surface area contributed by atoms with Crippen molar-refractivity contribution in [2.24, 2.45) is 5.73 Å². The predicted molar refractivity (Wildman–Crippen MR) is 75.7 cm³/mol. The van der Waals surface area contributed by atoms with E-state index in [9.17, 15) is 14.2 Å². The van der Waals surface area contributed by atoms with Gasteiger partial charge in [0.1, 0.15) is 0 Å². The Hall–Kier alpha value is -1.53. The monoisotopic (exact) mass is 315 g/mol. The Morgan fingerprint density at radius 2 is 1.67 bits per heavy atom. The van der Waals surface area contributed by atoms with Crippen molar-refractivity contribution in [3.05, 3.63) is 35.9 Å². The fraction of sp³-hybridized carbons (Fsp3) is 0.385. The Morgan fingerprint density at radius 1 is 1.14 bits per heavy atom. The Bertz CT molecular complexity index is 553. The minimum absolute atomic E-state index is 0.205. The first-order chi connectivity index (χ1) is 9.85. The summed E-state index contributed by atoms with van der Waals surface area (Å²) in [7, 11) is -1.09. The molecule has 0 aliphatic rings. The second-order valence-electron chi connectivity index (χ2n) is 4.21. The summed E-state index contributed by atoms with van der Waals surface area (Å²) < 4.78 is 26.5. The number of rotatable bonds is 7. The minimum atomic E-state index is -4.22. The van der Waals surface area contributed by atoms with E-state index in [2.05, 4.69) is 4.74 Å². The summed E-state index contributed by atoms with van der Waals surface area (Å²) in [5.41, 5.74) is 6.42. The van der Waals surface area contributed by atoms with Crippen LogP contribution in [0, 0.1) is 0 Å². The molecule has 0 saturated heterocycles. The molecule has 0 radical (unpaired) electrons. The van der Waals surface area contributed by atoms with Crippen molar-refractivity contribution in [3.63, 3.8) is 0 Å². The van der Waals surface area contributed by atoms with E-state index in [-0.39, 0.29) is 6.42 Å². The third kappa shape index (κ3) is 3.22. The zero-order chi connectivity index (χ0) is 16.1. The summed E-state index contributed by atoms with van der Waals surface area (Å²) in [5.74, 6) is -1.98. The molecule has 1 unspecified atom stereocenters. The lowest BCUT2D eigenvalue weighted by Gasteiger charge is -2.30. The van der Waals surface area contributed by atoms with Crippen molar-refractivity contribution in [1.29, 1.82) is 0 Å². The van der Waals surface area contributed by atoms with Crippen molar-refractivity contribution in [2.45, 2.75) is 11.7 Å². The average molecular weight is 315 g/mol. The molecule has 7 nitrogen and oxygen atoms in total. The first-order valence-corrected chi connectivity index (χ1v) is 7.56. The molecule has 8 heteroatoms. The molecule has 1 aromatic rings. The zero-order valence-electron chi connectivity index (χ0n) is 12.1. The number of Topliss-reactive ketones (excluding diaryl/α,β-unsaturated/α-hetero) is 1. The van der Waals surface area contributed by atoms with E-state index in [4.69, 9.17) is 14.8 Å². The number of ether oxygens (including phenoxy) is 1. The van der Waals surface area contributed by atoms with Crippen LogP contribution in [0.2, 0.25) is 0 Å². The molecule has 1 atom stereocenters. The number of nitrogens with two attached hydrogens (primary N) is 1. The molecule has 0 bridgehead atoms. The van der Waals surface area contributed by atoms with Gasteiger partial charge in [0.05, 0.1) is 7.11 Å². The van der Waals surface area contributed by atoms with Gasteiger partial charge in [-0.25, -0.2) is 4.79 Å². The Labute approximate surface area is 122 Å². The van der Waals surface area contributed by atoms with E-state index >= 15 is 0 Å². The smallest absolute Gasteiger partial charge is 0.369 e. The van der Waals surface area contributed by atoms with Crippen LogP contribution in [-0.2, 0) is 34.4 Å². The number of benzene rings is 1. The molecule has 21 heavy (non-hydrogen) atoms. The number of carbonyl (C=O) groups is 2. The predicted octanol–water partition coefficient (Wildman–Crippen LogP) is 1.11. The van der Waals surface area contributed by atoms with Gasteiger partial charge in [0.15, 0.2) is 5.78 Å². The maximum atomic E-state index is 12.5. The SMILES string of the molecule is COC(=O)C(N)(C(=O)Cc1ccccc1)P(=O)(OC)OC. The molecule has 0 aliphatic carbocycles. The quantitative estimate of drug-likeness (QED) is 0.456. The van der Waals surface area contributed by atoms with Gasteiger partial charge in [0.2, 0.25) is 0 Å². The van der Waals surface area contributed by atoms with Gasteiger partial charge in [0, 0.05) is 20.6 Å². The first kappa shape index (κ1) is 17.5. The van der Waals surface area contributed by atoms with Crippen molar-refractivity contribution in [2.75, 3.05) is 21.3 Å². The topological polar surface area (TPSA) is 105 Å². The summed E-state index contributed by atoms with van der Waals surface area (Å²) in [6.07, 6.45) is -0.205. The number of ketones is 1. The van der Waals surface area contributed by atoms with Crippen LogP contribution in [0.1, 0.15) is 5.56 Å². The molecule has 116 valence electrons. The normalized spacial score (nSPS) is 14.3. The van der Waals surface area contributed by atoms with E-state index in [0.29, 0.717) is 5.56 Å². The Balaban J connectivity index is 3.23. The molecule has 0 amide bonds. The van der Waals surface area contributed by atoms with Crippen LogP contribution in [0.5, 0.6) is 0 Å². The summed E-state index contributed by atoms with van der Waals surface area (Å²) in [6, 6.07) is 8.59. The summed E-state index contributed by atoms with van der Waals surface area (Å²) in [6.45, 7) is 0. The fourth-order valence-electron chi connectivity index (χ4n) is 1.81. The molecule has 2 N–H and O–H groups in total. The van der Waals surface area contributed by atoms with Gasteiger partial charge >= 0.3 is 13.6 Å². The van der Waals surface area contributed by atoms with Gasteiger partial charge in [-0.15, -0.1) is 0 Å². The van der Waals surface area contributed by atoms with Gasteiger partial charge in [-0.1, -0.05) is 30.3 Å². The van der Waals surface area contributed by atoms with E-state index in [1.54, 1.807) is 30.3 Å². The van der Waals surface area contributed by atoms with Crippen molar-refractivity contribution < 1.29 is 27.9 Å². The van der Waals surface area contributed by atoms with Crippen LogP contribution in [0.3, 0.4) is 0 Å². The van der Waals surface area contributed by atoms with Gasteiger partial charge in [-0.3, -0.25) is 15.1 Å². The maximum Gasteiger partial charge on any atom is 0.369 e. The van der Waals surface area contributed by atoms with Crippen LogP contribution in [0.4, 0.5) is 0 Å². The van der Waals surface area contributed by atoms with Crippen LogP contribution in [0.25, 0.3) is 0 Å². The van der Waals surface area contributed by atoms with Crippen molar-refractivity contribution in [1.82, 2.24) is 0 Å². The maximum absolute atomic E-state index is 12.5. The highest BCUT2D eigenvalue weighted by Gasteiger charge is 2.60. The number of esters is 1. The molecule has 0 spiro atoms. The van der Waals surface area contributed by atoms with E-state index in [1.165, 1.54) is 0 Å². The average Bonchev–Trinajstić information content (AvgIpc) is 2.53. The van der Waals surface area contributed by atoms with Crippen LogP contribution < -0.4 is 5.73 Å². The molecule has 1 aromatic carbocycles. The van der Waals surface area contributed by atoms with Crippen LogP contribution in [-0.4, -0.2) is 38.4 Å². The van der Waals surface area contributed by atoms with Crippen LogP contribution in [0.15, 0.2) is 30.3 Å². The van der Waals surface area contributed by atoms with Gasteiger partial charge < -0.3 is 13.8 Å². The molecule has 0 aromatic heterocycles. The second-order valence-corrected chi connectivity index (χ2v) is 6.64. The van der Waals surface area contributed by atoms with Gasteiger partial charge in [-0.05, 0) is 5.56 Å². The van der Waals surface area contributed by atoms with Gasteiger partial charge in [-0.2, -0.15) is 0 Å². The lowest BCUT2D eigenvalue weighted by atomic mass is 10.0. The highest BCUT2D eigenvalue weighted by atomic mass is 31.2. The number of methoxy groups -OCH3 is 1. The van der Waals surface area contributed by atoms with Crippen molar-refractivity contribution >= 4 is 19.3 Å². The van der Waals surface area contributed by atoms with Crippen LogP contribution >= 0.6 is 7.60 Å². The fourth-order valence-corrected chi connectivity index (χ4v) is 3.24. The molecule has 0 aliphatic heterocycles. The number of hydrogen-bond acceptors (Lipinski definition) is 7. The lowest BCUT2D eigenvalue weighted by Crippen LogP contribution is -2.56. The second kappa shape index (κ2) is 6.95. The largest absolute Gasteiger partial charge is 0.467 e. The number of hydrogen-bond donors (Lipinski definition) is 1. The zero-order valence-corrected chi connectivity index (χ0v) is 13.0. The molecule has 1 rings (SSSR count). The number of carbonyl (C=O) groups excluding carboxylic acids is 2. The molecule has 0 fully saturated rings. The Kier molecular flexibility index (Phi) is 5.80. The third-order valence-electron chi connectivity index (χ3n) is 3.04. The summed E-state index contributed by atoms with van der Waals surface area (Å²) in [5, 5.41) is -2.51. The van der Waals surface area contributed by atoms with Crippen molar-refractivity contribution in [3.8, 4) is 0 Å². The first-order valence-electron chi connectivity index (χ1n) is 6.01. The Morgan fingerprint density at radius 3 is 2.10 bits per heavy atom. The van der Waals surface area contributed by atoms with E-state index in [0.717, 1.165) is 21.3 Å². The van der Waals surface area contributed by atoms with E-state index in [1.807, 2.05) is 0 Å². The van der Waals surface area contributed by atoms with E-state index < -0.39 is 24.6 Å². The standard InChI is InChI=1S/C13H18NO6P/c1-18-12(16)13(14,21(17,19-2)20-3)11(15)9-10-7-5-4-6-8-10/h4-8H,9,14H2,1-3H3. The highest BCUT2D eigenvalue weighted by Crippen LogP contribution is 2.57. The minimum Gasteiger partial charge on any atom is -0.467 e. The molecule has 0 saturated carbocycles.